The first-order valence-electron chi connectivity index (χ1n) is 6.56. The van der Waals surface area contributed by atoms with E-state index in [1.807, 2.05) is 0 Å². The van der Waals surface area contributed by atoms with Crippen molar-refractivity contribution in [1.82, 2.24) is 5.32 Å². The van der Waals surface area contributed by atoms with Crippen LogP contribution in [0.4, 0.5) is 0 Å². The smallest absolute Gasteiger partial charge is 0.338 e. The number of hydrogen-bond acceptors (Lipinski definition) is 6. The van der Waals surface area contributed by atoms with Crippen molar-refractivity contribution < 1.29 is 19.0 Å². The molecule has 1 saturated heterocycles. The Balaban J connectivity index is 1.96. The second-order valence-electron chi connectivity index (χ2n) is 4.21. The second kappa shape index (κ2) is 7.52. The monoisotopic (exact) mass is 297 g/mol. The zero-order valence-corrected chi connectivity index (χ0v) is 12.4. The summed E-state index contributed by atoms with van der Waals surface area (Å²) in [6, 6.07) is 6.88. The molecule has 1 heterocycles. The first-order valence-corrected chi connectivity index (χ1v) is 7.61. The van der Waals surface area contributed by atoms with Gasteiger partial charge in [0.25, 0.3) is 0 Å². The average molecular weight is 297 g/mol. The molecule has 2 unspecified atom stereocenters. The summed E-state index contributed by atoms with van der Waals surface area (Å²) in [5.41, 5.74) is 0.515. The molecule has 2 rings (SSSR count). The Morgan fingerprint density at radius 2 is 2.20 bits per heavy atom. The van der Waals surface area contributed by atoms with Gasteiger partial charge in [-0.05, 0) is 31.2 Å². The molecule has 0 amide bonds. The molecule has 6 heteroatoms. The SMILES string of the molecule is CCOC(=O)c1ccc(OC(OC)C2NCCS2)cc1. The Bertz CT molecular complexity index is 431. The third-order valence-electron chi connectivity index (χ3n) is 2.84. The Hall–Kier alpha value is -1.24. The van der Waals surface area contributed by atoms with E-state index in [2.05, 4.69) is 5.32 Å². The van der Waals surface area contributed by atoms with Crippen molar-refractivity contribution >= 4 is 17.7 Å². The molecule has 0 aliphatic carbocycles. The van der Waals surface area contributed by atoms with Crippen LogP contribution in [0.15, 0.2) is 24.3 Å². The summed E-state index contributed by atoms with van der Waals surface area (Å²) in [6.07, 6.45) is -0.351. The van der Waals surface area contributed by atoms with Gasteiger partial charge in [0.05, 0.1) is 12.2 Å². The van der Waals surface area contributed by atoms with Gasteiger partial charge in [-0.25, -0.2) is 4.79 Å². The predicted molar refractivity (Wildman–Crippen MR) is 78.1 cm³/mol. The fourth-order valence-corrected chi connectivity index (χ4v) is 2.92. The lowest BCUT2D eigenvalue weighted by atomic mass is 10.2. The van der Waals surface area contributed by atoms with Gasteiger partial charge in [-0.1, -0.05) is 0 Å². The quantitative estimate of drug-likeness (QED) is 0.639. The molecule has 2 atom stereocenters. The van der Waals surface area contributed by atoms with Crippen LogP contribution in [0, 0.1) is 0 Å². The molecule has 0 bridgehead atoms. The summed E-state index contributed by atoms with van der Waals surface area (Å²) >= 11 is 1.77. The molecule has 1 fully saturated rings. The Kier molecular flexibility index (Phi) is 5.70. The summed E-state index contributed by atoms with van der Waals surface area (Å²) in [7, 11) is 1.62. The number of benzene rings is 1. The van der Waals surface area contributed by atoms with Gasteiger partial charge in [0.2, 0.25) is 6.29 Å². The maximum Gasteiger partial charge on any atom is 0.338 e. The van der Waals surface area contributed by atoms with Crippen molar-refractivity contribution in [2.45, 2.75) is 18.6 Å². The topological polar surface area (TPSA) is 56.8 Å². The molecule has 20 heavy (non-hydrogen) atoms. The largest absolute Gasteiger partial charge is 0.462 e. The number of thioether (sulfide) groups is 1. The molecule has 5 nitrogen and oxygen atoms in total. The lowest BCUT2D eigenvalue weighted by molar-refractivity contribution is -0.0572. The van der Waals surface area contributed by atoms with E-state index >= 15 is 0 Å². The summed E-state index contributed by atoms with van der Waals surface area (Å²) in [5.74, 6) is 1.39. The maximum absolute atomic E-state index is 11.5. The molecule has 0 spiro atoms. The lowest BCUT2D eigenvalue weighted by Gasteiger charge is -2.22. The highest BCUT2D eigenvalue weighted by atomic mass is 32.2. The van der Waals surface area contributed by atoms with Crippen molar-refractivity contribution in [2.75, 3.05) is 26.0 Å². The van der Waals surface area contributed by atoms with Crippen LogP contribution in [0.25, 0.3) is 0 Å². The molecule has 1 N–H and O–H groups in total. The minimum atomic E-state index is -0.351. The first kappa shape index (κ1) is 15.2. The zero-order chi connectivity index (χ0) is 14.4. The number of carbonyl (C=O) groups excluding carboxylic acids is 1. The van der Waals surface area contributed by atoms with E-state index in [9.17, 15) is 4.79 Å². The van der Waals surface area contributed by atoms with E-state index in [0.717, 1.165) is 12.3 Å². The molecule has 1 aromatic rings. The zero-order valence-electron chi connectivity index (χ0n) is 11.6. The van der Waals surface area contributed by atoms with Crippen LogP contribution >= 0.6 is 11.8 Å². The standard InChI is InChI=1S/C14H19NO4S/c1-3-18-13(16)10-4-6-11(7-5-10)19-14(17-2)12-15-8-9-20-12/h4-7,12,14-15H,3,8-9H2,1-2H3. The fraction of sp³-hybridized carbons (Fsp3) is 0.500. The lowest BCUT2D eigenvalue weighted by Crippen LogP contribution is -2.38. The van der Waals surface area contributed by atoms with Crippen molar-refractivity contribution in [1.29, 1.82) is 0 Å². The number of hydrogen-bond donors (Lipinski definition) is 1. The van der Waals surface area contributed by atoms with Crippen LogP contribution in [0.5, 0.6) is 5.75 Å². The van der Waals surface area contributed by atoms with Crippen LogP contribution in [0.2, 0.25) is 0 Å². The minimum Gasteiger partial charge on any atom is -0.462 e. The van der Waals surface area contributed by atoms with Gasteiger partial charge in [0.1, 0.15) is 11.1 Å². The van der Waals surface area contributed by atoms with Gasteiger partial charge in [0.15, 0.2) is 0 Å². The summed E-state index contributed by atoms with van der Waals surface area (Å²) in [6.45, 7) is 3.11. The van der Waals surface area contributed by atoms with E-state index in [0.29, 0.717) is 17.9 Å². The molecular formula is C14H19NO4S. The molecule has 1 aromatic carbocycles. The number of carbonyl (C=O) groups is 1. The third-order valence-corrected chi connectivity index (χ3v) is 4.03. The van der Waals surface area contributed by atoms with Crippen LogP contribution in [0.3, 0.4) is 0 Å². The molecule has 110 valence electrons. The number of esters is 1. The predicted octanol–water partition coefficient (Wildman–Crippen LogP) is 1.88. The van der Waals surface area contributed by atoms with E-state index < -0.39 is 0 Å². The Morgan fingerprint density at radius 1 is 1.45 bits per heavy atom. The van der Waals surface area contributed by atoms with Gasteiger partial charge in [-0.15, -0.1) is 11.8 Å². The van der Waals surface area contributed by atoms with Crippen LogP contribution in [-0.2, 0) is 9.47 Å². The third kappa shape index (κ3) is 3.88. The Labute approximate surface area is 123 Å². The number of rotatable bonds is 6. The van der Waals surface area contributed by atoms with Crippen molar-refractivity contribution in [3.8, 4) is 5.75 Å². The number of methoxy groups -OCH3 is 1. The van der Waals surface area contributed by atoms with Gasteiger partial charge in [-0.3, -0.25) is 5.32 Å². The van der Waals surface area contributed by atoms with Crippen LogP contribution in [-0.4, -0.2) is 43.6 Å². The van der Waals surface area contributed by atoms with E-state index in [1.54, 1.807) is 50.1 Å². The highest BCUT2D eigenvalue weighted by Gasteiger charge is 2.26. The highest BCUT2D eigenvalue weighted by Crippen LogP contribution is 2.22. The maximum atomic E-state index is 11.5. The number of ether oxygens (including phenoxy) is 3. The molecular weight excluding hydrogens is 278 g/mol. The fourth-order valence-electron chi connectivity index (χ4n) is 1.87. The highest BCUT2D eigenvalue weighted by molar-refractivity contribution is 8.00. The van der Waals surface area contributed by atoms with Crippen LogP contribution in [0.1, 0.15) is 17.3 Å². The van der Waals surface area contributed by atoms with E-state index in [-0.39, 0.29) is 17.6 Å². The summed E-state index contributed by atoms with van der Waals surface area (Å²) in [5, 5.41) is 3.44. The van der Waals surface area contributed by atoms with Crippen molar-refractivity contribution in [3.05, 3.63) is 29.8 Å². The van der Waals surface area contributed by atoms with Crippen LogP contribution < -0.4 is 10.1 Å². The normalized spacial score (nSPS) is 19.6. The van der Waals surface area contributed by atoms with E-state index in [4.69, 9.17) is 14.2 Å². The molecule has 0 aromatic heterocycles. The van der Waals surface area contributed by atoms with Crippen molar-refractivity contribution in [3.63, 3.8) is 0 Å². The molecule has 0 saturated carbocycles. The van der Waals surface area contributed by atoms with Gasteiger partial charge < -0.3 is 14.2 Å². The second-order valence-corrected chi connectivity index (χ2v) is 5.46. The molecule has 1 aliphatic rings. The van der Waals surface area contributed by atoms with Gasteiger partial charge in [0, 0.05) is 19.4 Å². The van der Waals surface area contributed by atoms with Gasteiger partial charge >= 0.3 is 5.97 Å². The molecule has 0 radical (unpaired) electrons. The average Bonchev–Trinajstić information content (AvgIpc) is 2.99. The summed E-state index contributed by atoms with van der Waals surface area (Å²) < 4.78 is 16.1. The summed E-state index contributed by atoms with van der Waals surface area (Å²) in [4.78, 5) is 11.5. The number of nitrogens with one attached hydrogen (secondary N) is 1. The Morgan fingerprint density at radius 3 is 2.75 bits per heavy atom. The van der Waals surface area contributed by atoms with Crippen molar-refractivity contribution in [2.24, 2.45) is 0 Å². The van der Waals surface area contributed by atoms with E-state index in [1.165, 1.54) is 0 Å². The minimum absolute atomic E-state index is 0.129. The molecule has 1 aliphatic heterocycles. The van der Waals surface area contributed by atoms with Gasteiger partial charge in [-0.2, -0.15) is 0 Å². The first-order chi connectivity index (χ1) is 9.74.